The van der Waals surface area contributed by atoms with E-state index in [-0.39, 0.29) is 11.1 Å². The molecular weight excluding hydrogens is 165 g/mol. The SMILES string of the molecule is C[CH]c1c(F)cc(C)c(F)c1F. The number of rotatable bonds is 1. The van der Waals surface area contributed by atoms with Gasteiger partial charge in [-0.2, -0.15) is 0 Å². The van der Waals surface area contributed by atoms with Crippen molar-refractivity contribution in [3.05, 3.63) is 41.1 Å². The fourth-order valence-electron chi connectivity index (χ4n) is 0.992. The Hall–Kier alpha value is -0.990. The van der Waals surface area contributed by atoms with Crippen LogP contribution in [-0.2, 0) is 0 Å². The first-order valence-corrected chi connectivity index (χ1v) is 3.51. The van der Waals surface area contributed by atoms with E-state index in [1.807, 2.05) is 0 Å². The zero-order chi connectivity index (χ0) is 9.30. The molecule has 0 fully saturated rings. The summed E-state index contributed by atoms with van der Waals surface area (Å²) in [5.41, 5.74) is -0.325. The van der Waals surface area contributed by atoms with E-state index < -0.39 is 17.5 Å². The molecule has 0 aromatic heterocycles. The molecule has 0 unspecified atom stereocenters. The third-order valence-corrected chi connectivity index (χ3v) is 1.66. The van der Waals surface area contributed by atoms with Crippen molar-refractivity contribution in [1.29, 1.82) is 0 Å². The van der Waals surface area contributed by atoms with Crippen LogP contribution in [0.4, 0.5) is 13.2 Å². The second-order valence-corrected chi connectivity index (χ2v) is 2.51. The highest BCUT2D eigenvalue weighted by Crippen LogP contribution is 2.20. The van der Waals surface area contributed by atoms with Crippen molar-refractivity contribution in [1.82, 2.24) is 0 Å². The highest BCUT2D eigenvalue weighted by Gasteiger charge is 2.14. The maximum absolute atomic E-state index is 12.9. The van der Waals surface area contributed by atoms with Gasteiger partial charge in [0.25, 0.3) is 0 Å². The van der Waals surface area contributed by atoms with E-state index in [2.05, 4.69) is 0 Å². The molecule has 0 atom stereocenters. The molecule has 0 saturated carbocycles. The first-order valence-electron chi connectivity index (χ1n) is 3.51. The molecule has 0 amide bonds. The van der Waals surface area contributed by atoms with Gasteiger partial charge < -0.3 is 0 Å². The predicted molar refractivity (Wildman–Crippen MR) is 40.1 cm³/mol. The Morgan fingerprint density at radius 3 is 2.25 bits per heavy atom. The molecule has 12 heavy (non-hydrogen) atoms. The van der Waals surface area contributed by atoms with Crippen LogP contribution in [0.5, 0.6) is 0 Å². The van der Waals surface area contributed by atoms with E-state index in [1.165, 1.54) is 20.3 Å². The Kier molecular flexibility index (Phi) is 2.40. The second kappa shape index (κ2) is 3.17. The molecule has 0 aliphatic heterocycles. The van der Waals surface area contributed by atoms with Crippen LogP contribution in [0.15, 0.2) is 6.07 Å². The van der Waals surface area contributed by atoms with Gasteiger partial charge in [-0.1, -0.05) is 6.92 Å². The maximum Gasteiger partial charge on any atom is 0.165 e. The van der Waals surface area contributed by atoms with Crippen LogP contribution in [0.25, 0.3) is 0 Å². The van der Waals surface area contributed by atoms with E-state index in [1.54, 1.807) is 0 Å². The van der Waals surface area contributed by atoms with Gasteiger partial charge in [0, 0.05) is 5.56 Å². The zero-order valence-electron chi connectivity index (χ0n) is 6.79. The van der Waals surface area contributed by atoms with Crippen LogP contribution in [0.3, 0.4) is 0 Å². The first kappa shape index (κ1) is 9.10. The van der Waals surface area contributed by atoms with Crippen LogP contribution >= 0.6 is 0 Å². The van der Waals surface area contributed by atoms with Crippen molar-refractivity contribution in [2.75, 3.05) is 0 Å². The standard InChI is InChI=1S/C9H8F3/c1-3-6-7(10)4-5(2)8(11)9(6)12/h3-4H,1-2H3. The van der Waals surface area contributed by atoms with Crippen LogP contribution < -0.4 is 0 Å². The zero-order valence-corrected chi connectivity index (χ0v) is 6.79. The minimum absolute atomic E-state index is 0.0180. The first-order chi connectivity index (χ1) is 5.57. The van der Waals surface area contributed by atoms with Crippen LogP contribution in [0.2, 0.25) is 0 Å². The fraction of sp³-hybridized carbons (Fsp3) is 0.222. The average Bonchev–Trinajstić information content (AvgIpc) is 2.01. The average molecular weight is 173 g/mol. The van der Waals surface area contributed by atoms with Crippen molar-refractivity contribution in [3.63, 3.8) is 0 Å². The lowest BCUT2D eigenvalue weighted by Gasteiger charge is -2.04. The van der Waals surface area contributed by atoms with Crippen LogP contribution in [0, 0.1) is 30.8 Å². The smallest absolute Gasteiger partial charge is 0.165 e. The number of hydrogen-bond donors (Lipinski definition) is 0. The molecule has 3 heteroatoms. The Labute approximate surface area is 69.0 Å². The predicted octanol–water partition coefficient (Wildman–Crippen LogP) is 2.98. The van der Waals surface area contributed by atoms with Crippen molar-refractivity contribution >= 4 is 0 Å². The van der Waals surface area contributed by atoms with Crippen LogP contribution in [0.1, 0.15) is 18.1 Å². The van der Waals surface area contributed by atoms with E-state index in [4.69, 9.17) is 0 Å². The lowest BCUT2D eigenvalue weighted by atomic mass is 10.1. The molecule has 1 rings (SSSR count). The minimum Gasteiger partial charge on any atom is -0.207 e. The number of aryl methyl sites for hydroxylation is 1. The molecule has 1 aromatic carbocycles. The quantitative estimate of drug-likeness (QED) is 0.572. The summed E-state index contributed by atoms with van der Waals surface area (Å²) in [7, 11) is 0. The van der Waals surface area contributed by atoms with Crippen molar-refractivity contribution in [2.24, 2.45) is 0 Å². The molecule has 0 aliphatic carbocycles. The molecule has 65 valence electrons. The molecular formula is C9H8F3. The Balaban J connectivity index is 3.40. The van der Waals surface area contributed by atoms with Crippen molar-refractivity contribution in [3.8, 4) is 0 Å². The molecule has 0 spiro atoms. The molecule has 1 aromatic rings. The van der Waals surface area contributed by atoms with Gasteiger partial charge >= 0.3 is 0 Å². The normalized spacial score (nSPS) is 10.4. The minimum atomic E-state index is -1.12. The Morgan fingerprint density at radius 2 is 1.75 bits per heavy atom. The maximum atomic E-state index is 12.9. The van der Waals surface area contributed by atoms with Gasteiger partial charge in [0.05, 0.1) is 0 Å². The number of halogens is 3. The third kappa shape index (κ3) is 1.31. The Bertz CT molecular complexity index is 305. The largest absolute Gasteiger partial charge is 0.207 e. The molecule has 0 nitrogen and oxygen atoms in total. The van der Waals surface area contributed by atoms with Gasteiger partial charge in [-0.25, -0.2) is 13.2 Å². The fourth-order valence-corrected chi connectivity index (χ4v) is 0.992. The number of hydrogen-bond acceptors (Lipinski definition) is 0. The summed E-state index contributed by atoms with van der Waals surface area (Å²) in [6.45, 7) is 2.78. The van der Waals surface area contributed by atoms with Crippen molar-refractivity contribution < 1.29 is 13.2 Å². The van der Waals surface area contributed by atoms with Crippen LogP contribution in [-0.4, -0.2) is 0 Å². The van der Waals surface area contributed by atoms with E-state index >= 15 is 0 Å². The van der Waals surface area contributed by atoms with Gasteiger partial charge in [-0.05, 0) is 25.0 Å². The molecule has 0 aliphatic rings. The lowest BCUT2D eigenvalue weighted by molar-refractivity contribution is 0.482. The van der Waals surface area contributed by atoms with Gasteiger partial charge in [0.1, 0.15) is 5.82 Å². The summed E-state index contributed by atoms with van der Waals surface area (Å²) in [5.74, 6) is -2.83. The highest BCUT2D eigenvalue weighted by molar-refractivity contribution is 5.31. The summed E-state index contributed by atoms with van der Waals surface area (Å²) in [5, 5.41) is 0. The van der Waals surface area contributed by atoms with E-state index in [0.29, 0.717) is 0 Å². The highest BCUT2D eigenvalue weighted by atomic mass is 19.2. The van der Waals surface area contributed by atoms with Gasteiger partial charge in [-0.3, -0.25) is 0 Å². The summed E-state index contributed by atoms with van der Waals surface area (Å²) in [6, 6.07) is 0.980. The third-order valence-electron chi connectivity index (χ3n) is 1.66. The molecule has 0 heterocycles. The van der Waals surface area contributed by atoms with Crippen molar-refractivity contribution in [2.45, 2.75) is 13.8 Å². The lowest BCUT2D eigenvalue weighted by Crippen LogP contribution is -1.98. The monoisotopic (exact) mass is 173 g/mol. The van der Waals surface area contributed by atoms with E-state index in [0.717, 1.165) is 6.07 Å². The second-order valence-electron chi connectivity index (χ2n) is 2.51. The van der Waals surface area contributed by atoms with Gasteiger partial charge in [-0.15, -0.1) is 0 Å². The molecule has 0 N–H and O–H groups in total. The number of benzene rings is 1. The summed E-state index contributed by atoms with van der Waals surface area (Å²) >= 11 is 0. The topological polar surface area (TPSA) is 0 Å². The van der Waals surface area contributed by atoms with E-state index in [9.17, 15) is 13.2 Å². The molecule has 1 radical (unpaired) electrons. The molecule has 0 bridgehead atoms. The summed E-state index contributed by atoms with van der Waals surface area (Å²) in [4.78, 5) is 0. The summed E-state index contributed by atoms with van der Waals surface area (Å²) in [6.07, 6.45) is 1.20. The van der Waals surface area contributed by atoms with Gasteiger partial charge in [0.2, 0.25) is 0 Å². The molecule has 0 saturated heterocycles. The Morgan fingerprint density at radius 1 is 1.17 bits per heavy atom. The van der Waals surface area contributed by atoms with Gasteiger partial charge in [0.15, 0.2) is 11.6 Å². The summed E-state index contributed by atoms with van der Waals surface area (Å²) < 4.78 is 38.5.